The van der Waals surface area contributed by atoms with Gasteiger partial charge in [-0.2, -0.15) is 10.4 Å². The van der Waals surface area contributed by atoms with E-state index in [4.69, 9.17) is 5.73 Å². The monoisotopic (exact) mass is 476 g/mol. The highest BCUT2D eigenvalue weighted by atomic mass is 32.2. The minimum absolute atomic E-state index is 0.0619. The maximum atomic E-state index is 13.2. The number of rotatable bonds is 9. The number of primary amides is 1. The fourth-order valence-electron chi connectivity index (χ4n) is 4.42. The number of hydrogen-bond donors (Lipinski definition) is 3. The summed E-state index contributed by atoms with van der Waals surface area (Å²) in [6, 6.07) is 7.82. The SMILES string of the molecule is CC(CS(C)(=O)=O)NC1CCC(CC#N)(n2cc(C(N)=O)c(Nc3ccc(F)cc3)n2)CC1. The van der Waals surface area contributed by atoms with Crippen LogP contribution in [-0.4, -0.2) is 48.2 Å². The molecule has 1 amide bonds. The second-order valence-corrected chi connectivity index (χ2v) is 11.0. The Kier molecular flexibility index (Phi) is 7.39. The van der Waals surface area contributed by atoms with E-state index in [1.807, 2.05) is 6.92 Å². The Morgan fingerprint density at radius 3 is 2.55 bits per heavy atom. The van der Waals surface area contributed by atoms with Gasteiger partial charge in [0.25, 0.3) is 5.91 Å². The summed E-state index contributed by atoms with van der Waals surface area (Å²) in [6.45, 7) is 1.85. The molecule has 0 bridgehead atoms. The van der Waals surface area contributed by atoms with Crippen molar-refractivity contribution in [3.8, 4) is 6.07 Å². The van der Waals surface area contributed by atoms with Gasteiger partial charge in [0.15, 0.2) is 5.82 Å². The molecule has 0 saturated heterocycles. The predicted molar refractivity (Wildman–Crippen MR) is 123 cm³/mol. The van der Waals surface area contributed by atoms with Crippen LogP contribution < -0.4 is 16.4 Å². The number of hydrogen-bond acceptors (Lipinski definition) is 7. The molecule has 2 aromatic rings. The van der Waals surface area contributed by atoms with Gasteiger partial charge in [0, 0.05) is 30.2 Å². The van der Waals surface area contributed by atoms with Gasteiger partial charge in [0.05, 0.1) is 23.8 Å². The topological polar surface area (TPSA) is 143 Å². The summed E-state index contributed by atoms with van der Waals surface area (Å²) in [6.07, 6.45) is 5.68. The largest absolute Gasteiger partial charge is 0.365 e. The summed E-state index contributed by atoms with van der Waals surface area (Å²) in [5.41, 5.74) is 5.68. The third-order valence-corrected chi connectivity index (χ3v) is 7.08. The lowest BCUT2D eigenvalue weighted by atomic mass is 9.77. The number of nitrogens with one attached hydrogen (secondary N) is 2. The number of nitrogens with zero attached hydrogens (tertiary/aromatic N) is 3. The third-order valence-electron chi connectivity index (χ3n) is 5.97. The van der Waals surface area contributed by atoms with Crippen molar-refractivity contribution in [3.63, 3.8) is 0 Å². The van der Waals surface area contributed by atoms with Crippen LogP contribution in [0.2, 0.25) is 0 Å². The number of halogens is 1. The lowest BCUT2D eigenvalue weighted by molar-refractivity contribution is 0.1000. The Bertz CT molecular complexity index is 1130. The molecule has 0 spiro atoms. The molecule has 1 unspecified atom stereocenters. The van der Waals surface area contributed by atoms with Gasteiger partial charge in [-0.25, -0.2) is 12.8 Å². The fraction of sp³-hybridized carbons (Fsp3) is 0.500. The Hall–Kier alpha value is -2.97. The predicted octanol–water partition coefficient (Wildman–Crippen LogP) is 2.44. The quantitative estimate of drug-likeness (QED) is 0.504. The highest BCUT2D eigenvalue weighted by Crippen LogP contribution is 2.39. The molecule has 0 radical (unpaired) electrons. The lowest BCUT2D eigenvalue weighted by Gasteiger charge is -2.40. The van der Waals surface area contributed by atoms with Crippen LogP contribution in [0.25, 0.3) is 0 Å². The number of carbonyl (C=O) groups excluding carboxylic acids is 1. The van der Waals surface area contributed by atoms with Crippen LogP contribution in [0.15, 0.2) is 30.5 Å². The summed E-state index contributed by atoms with van der Waals surface area (Å²) in [5, 5.41) is 20.4. The van der Waals surface area contributed by atoms with Gasteiger partial charge >= 0.3 is 0 Å². The van der Waals surface area contributed by atoms with Crippen molar-refractivity contribution in [2.24, 2.45) is 5.73 Å². The van der Waals surface area contributed by atoms with Crippen molar-refractivity contribution < 1.29 is 17.6 Å². The van der Waals surface area contributed by atoms with Gasteiger partial charge in [0.2, 0.25) is 0 Å². The van der Waals surface area contributed by atoms with Crippen molar-refractivity contribution in [3.05, 3.63) is 41.8 Å². The summed E-state index contributed by atoms with van der Waals surface area (Å²) in [7, 11) is -3.08. The Morgan fingerprint density at radius 2 is 2.00 bits per heavy atom. The number of nitrogens with two attached hydrogens (primary N) is 1. The van der Waals surface area contributed by atoms with E-state index >= 15 is 0 Å². The molecule has 0 aliphatic heterocycles. The van der Waals surface area contributed by atoms with Crippen LogP contribution in [0.5, 0.6) is 0 Å². The van der Waals surface area contributed by atoms with Crippen LogP contribution in [0.3, 0.4) is 0 Å². The first-order valence-corrected chi connectivity index (χ1v) is 12.8. The molecular formula is C22H29FN6O3S. The molecule has 4 N–H and O–H groups in total. The number of amides is 1. The molecule has 11 heteroatoms. The van der Waals surface area contributed by atoms with Crippen LogP contribution in [0.4, 0.5) is 15.9 Å². The van der Waals surface area contributed by atoms with Gasteiger partial charge in [-0.15, -0.1) is 0 Å². The number of benzene rings is 1. The van der Waals surface area contributed by atoms with Gasteiger partial charge in [-0.05, 0) is 56.9 Å². The van der Waals surface area contributed by atoms with E-state index in [9.17, 15) is 22.9 Å². The normalized spacial score (nSPS) is 21.8. The Morgan fingerprint density at radius 1 is 1.36 bits per heavy atom. The van der Waals surface area contributed by atoms with Gasteiger partial charge in [0.1, 0.15) is 21.2 Å². The lowest BCUT2D eigenvalue weighted by Crippen LogP contribution is -2.47. The van der Waals surface area contributed by atoms with E-state index < -0.39 is 21.3 Å². The Labute approximate surface area is 193 Å². The molecule has 33 heavy (non-hydrogen) atoms. The molecular weight excluding hydrogens is 447 g/mol. The van der Waals surface area contributed by atoms with Crippen LogP contribution in [0.1, 0.15) is 49.4 Å². The average molecular weight is 477 g/mol. The highest BCUT2D eigenvalue weighted by Gasteiger charge is 2.39. The molecule has 3 rings (SSSR count). The van der Waals surface area contributed by atoms with E-state index in [-0.39, 0.29) is 41.5 Å². The molecule has 1 atom stereocenters. The van der Waals surface area contributed by atoms with E-state index in [1.165, 1.54) is 30.5 Å². The van der Waals surface area contributed by atoms with Crippen molar-refractivity contribution in [2.45, 2.75) is 56.7 Å². The summed E-state index contributed by atoms with van der Waals surface area (Å²) >= 11 is 0. The maximum Gasteiger partial charge on any atom is 0.254 e. The smallest absolute Gasteiger partial charge is 0.254 e. The number of carbonyl (C=O) groups is 1. The van der Waals surface area contributed by atoms with Crippen LogP contribution in [0, 0.1) is 17.1 Å². The van der Waals surface area contributed by atoms with E-state index in [1.54, 1.807) is 10.9 Å². The molecule has 1 fully saturated rings. The fourth-order valence-corrected chi connectivity index (χ4v) is 5.42. The first kappa shape index (κ1) is 24.7. The first-order chi connectivity index (χ1) is 15.5. The molecule has 1 aliphatic rings. The van der Waals surface area contributed by atoms with Crippen molar-refractivity contribution in [1.29, 1.82) is 5.26 Å². The molecule has 9 nitrogen and oxygen atoms in total. The van der Waals surface area contributed by atoms with Crippen molar-refractivity contribution in [1.82, 2.24) is 15.1 Å². The van der Waals surface area contributed by atoms with Gasteiger partial charge in [-0.1, -0.05) is 0 Å². The minimum Gasteiger partial charge on any atom is -0.365 e. The summed E-state index contributed by atoms with van der Waals surface area (Å²) < 4.78 is 38.0. The molecule has 1 heterocycles. The summed E-state index contributed by atoms with van der Waals surface area (Å²) in [4.78, 5) is 12.1. The first-order valence-electron chi connectivity index (χ1n) is 10.7. The number of anilines is 2. The van der Waals surface area contributed by atoms with E-state index in [0.717, 1.165) is 12.8 Å². The zero-order valence-electron chi connectivity index (χ0n) is 18.7. The summed E-state index contributed by atoms with van der Waals surface area (Å²) in [5.74, 6) is -0.742. The number of nitriles is 1. The Balaban J connectivity index is 1.80. The molecule has 178 valence electrons. The van der Waals surface area contributed by atoms with E-state index in [0.29, 0.717) is 18.5 Å². The molecule has 1 aromatic carbocycles. The maximum absolute atomic E-state index is 13.2. The minimum atomic E-state index is -3.08. The third kappa shape index (κ3) is 6.30. The van der Waals surface area contributed by atoms with Gasteiger partial charge < -0.3 is 16.4 Å². The van der Waals surface area contributed by atoms with Crippen LogP contribution >= 0.6 is 0 Å². The second-order valence-electron chi connectivity index (χ2n) is 8.83. The van der Waals surface area contributed by atoms with E-state index in [2.05, 4.69) is 21.8 Å². The molecule has 1 saturated carbocycles. The number of aromatic nitrogens is 2. The zero-order valence-corrected chi connectivity index (χ0v) is 19.5. The van der Waals surface area contributed by atoms with Crippen LogP contribution in [-0.2, 0) is 15.4 Å². The average Bonchev–Trinajstić information content (AvgIpc) is 3.15. The zero-order chi connectivity index (χ0) is 24.2. The van der Waals surface area contributed by atoms with Crippen molar-refractivity contribution in [2.75, 3.05) is 17.3 Å². The standard InChI is InChI=1S/C22H29FN6O3S/c1-15(14-33(2,31)32)26-18-7-9-22(10-8-18,11-12-24)29-13-19(20(25)30)21(28-29)27-17-5-3-16(23)4-6-17/h3-6,13,15,18,26H,7-11,14H2,1-2H3,(H2,25,30)(H,27,28). The highest BCUT2D eigenvalue weighted by molar-refractivity contribution is 7.90. The number of sulfone groups is 1. The molecule has 1 aliphatic carbocycles. The van der Waals surface area contributed by atoms with Gasteiger partial charge in [-0.3, -0.25) is 9.48 Å². The second kappa shape index (κ2) is 9.89. The molecule has 1 aromatic heterocycles. The van der Waals surface area contributed by atoms with Crippen molar-refractivity contribution >= 4 is 27.2 Å².